The summed E-state index contributed by atoms with van der Waals surface area (Å²) in [6.07, 6.45) is 8.95. The van der Waals surface area contributed by atoms with Gasteiger partial charge in [-0.15, -0.1) is 0 Å². The molecule has 1 aliphatic carbocycles. The second kappa shape index (κ2) is 12.8. The van der Waals surface area contributed by atoms with Crippen LogP contribution >= 0.6 is 11.6 Å². The fourth-order valence-corrected chi connectivity index (χ4v) is 4.40. The fraction of sp³-hybridized carbons (Fsp3) is 0.345. The number of hydrogen-bond acceptors (Lipinski definition) is 5. The molecule has 2 N–H and O–H groups in total. The van der Waals surface area contributed by atoms with Crippen LogP contribution in [0.5, 0.6) is 5.75 Å². The van der Waals surface area contributed by atoms with Crippen molar-refractivity contribution in [3.05, 3.63) is 82.8 Å². The Morgan fingerprint density at radius 2 is 1.78 bits per heavy atom. The van der Waals surface area contributed by atoms with E-state index in [1.165, 1.54) is 81.6 Å². The number of rotatable bonds is 9. The molecule has 1 saturated carbocycles. The first-order chi connectivity index (χ1) is 17.9. The van der Waals surface area contributed by atoms with Crippen LogP contribution in [0.4, 0.5) is 4.39 Å². The number of carbonyl (C=O) groups is 2. The lowest BCUT2D eigenvalue weighted by atomic mass is 10.1. The highest BCUT2D eigenvalue weighted by Gasteiger charge is 2.24. The highest BCUT2D eigenvalue weighted by Crippen LogP contribution is 2.32. The number of nitrogens with two attached hydrogens (primary N) is 1. The standard InChI is InChI=1S/C16H22ClNO.C13H9FN2O2/c17-15-12-13(4-3-11-18-9-1-2-10-18)5-8-16(15)19-14-6-7-14;14-10-5-6-11(16-7-10)8-1-3-9(4-2-8)12(17)13(15)18/h5,8,12,14H,1-4,6-7,9-11H2;1-7H,(H2,15,18). The number of amides is 1. The molecular weight excluding hydrogens is 493 g/mol. The van der Waals surface area contributed by atoms with Crippen LogP contribution < -0.4 is 10.5 Å². The van der Waals surface area contributed by atoms with Gasteiger partial charge >= 0.3 is 0 Å². The Balaban J connectivity index is 0.000000173. The van der Waals surface area contributed by atoms with Crippen molar-refractivity contribution in [2.75, 3.05) is 19.6 Å². The van der Waals surface area contributed by atoms with Gasteiger partial charge in [-0.3, -0.25) is 14.6 Å². The maximum atomic E-state index is 12.7. The van der Waals surface area contributed by atoms with Gasteiger partial charge in [0.15, 0.2) is 0 Å². The van der Waals surface area contributed by atoms with E-state index in [1.807, 2.05) is 6.07 Å². The van der Waals surface area contributed by atoms with E-state index >= 15 is 0 Å². The molecule has 2 fully saturated rings. The lowest BCUT2D eigenvalue weighted by Gasteiger charge is -2.14. The number of aryl methyl sites for hydroxylation is 1. The lowest BCUT2D eigenvalue weighted by Crippen LogP contribution is -2.22. The van der Waals surface area contributed by atoms with Crippen LogP contribution in [0.1, 0.15) is 48.0 Å². The minimum atomic E-state index is -0.998. The average molecular weight is 524 g/mol. The predicted molar refractivity (Wildman–Crippen MR) is 142 cm³/mol. The van der Waals surface area contributed by atoms with Gasteiger partial charge in [-0.2, -0.15) is 0 Å². The monoisotopic (exact) mass is 523 g/mol. The normalized spacial score (nSPS) is 15.1. The number of likely N-dealkylation sites (tertiary alicyclic amines) is 1. The molecule has 2 heterocycles. The molecule has 6 nitrogen and oxygen atoms in total. The van der Waals surface area contributed by atoms with Crippen LogP contribution in [0.25, 0.3) is 11.3 Å². The van der Waals surface area contributed by atoms with Gasteiger partial charge in [0, 0.05) is 11.1 Å². The molecule has 0 spiro atoms. The van der Waals surface area contributed by atoms with E-state index in [2.05, 4.69) is 22.0 Å². The van der Waals surface area contributed by atoms with Gasteiger partial charge in [-0.25, -0.2) is 4.39 Å². The van der Waals surface area contributed by atoms with E-state index in [-0.39, 0.29) is 5.56 Å². The van der Waals surface area contributed by atoms with Crippen LogP contribution in [-0.4, -0.2) is 47.3 Å². The van der Waals surface area contributed by atoms with Gasteiger partial charge in [-0.05, 0) is 88.0 Å². The van der Waals surface area contributed by atoms with Crippen LogP contribution in [0.2, 0.25) is 5.02 Å². The van der Waals surface area contributed by atoms with E-state index < -0.39 is 17.5 Å². The highest BCUT2D eigenvalue weighted by molar-refractivity contribution is 6.42. The van der Waals surface area contributed by atoms with E-state index in [0.717, 1.165) is 29.0 Å². The SMILES string of the molecule is Clc1cc(CCCN2CCCC2)ccc1OC1CC1.NC(=O)C(=O)c1ccc(-c2ccc(F)cn2)cc1. The molecule has 0 unspecified atom stereocenters. The Hall–Kier alpha value is -3.29. The zero-order valence-corrected chi connectivity index (χ0v) is 21.4. The van der Waals surface area contributed by atoms with Crippen molar-refractivity contribution < 1.29 is 18.7 Å². The quantitative estimate of drug-likeness (QED) is 0.297. The Morgan fingerprint density at radius 1 is 1.05 bits per heavy atom. The summed E-state index contributed by atoms with van der Waals surface area (Å²) >= 11 is 6.27. The summed E-state index contributed by atoms with van der Waals surface area (Å²) in [4.78, 5) is 28.5. The first-order valence-electron chi connectivity index (χ1n) is 12.6. The van der Waals surface area contributed by atoms with Crippen LogP contribution in [-0.2, 0) is 11.2 Å². The third kappa shape index (κ3) is 8.10. The summed E-state index contributed by atoms with van der Waals surface area (Å²) in [6.45, 7) is 3.79. The number of benzene rings is 2. The largest absolute Gasteiger partial charge is 0.489 e. The van der Waals surface area contributed by atoms with Gasteiger partial charge in [-0.1, -0.05) is 41.9 Å². The molecule has 1 amide bonds. The van der Waals surface area contributed by atoms with Crippen molar-refractivity contribution in [1.29, 1.82) is 0 Å². The van der Waals surface area contributed by atoms with E-state index in [1.54, 1.807) is 12.1 Å². The number of nitrogens with zero attached hydrogens (tertiary/aromatic N) is 2. The summed E-state index contributed by atoms with van der Waals surface area (Å²) in [7, 11) is 0. The molecule has 8 heteroatoms. The zero-order chi connectivity index (χ0) is 26.2. The van der Waals surface area contributed by atoms with Crippen LogP contribution in [0.3, 0.4) is 0 Å². The second-order valence-corrected chi connectivity index (χ2v) is 9.77. The number of ketones is 1. The molecule has 194 valence electrons. The van der Waals surface area contributed by atoms with Gasteiger partial charge < -0.3 is 15.4 Å². The van der Waals surface area contributed by atoms with Crippen molar-refractivity contribution in [3.8, 4) is 17.0 Å². The first-order valence-corrected chi connectivity index (χ1v) is 13.0. The number of carbonyl (C=O) groups excluding carboxylic acids is 2. The number of pyridine rings is 1. The Bertz CT molecular complexity index is 1210. The topological polar surface area (TPSA) is 85.5 Å². The Kier molecular flexibility index (Phi) is 9.25. The Morgan fingerprint density at radius 3 is 2.38 bits per heavy atom. The molecule has 5 rings (SSSR count). The van der Waals surface area contributed by atoms with Gasteiger partial charge in [0.25, 0.3) is 5.91 Å². The first kappa shape index (κ1) is 26.8. The minimum absolute atomic E-state index is 0.216. The summed E-state index contributed by atoms with van der Waals surface area (Å²) in [6, 6.07) is 15.3. The summed E-state index contributed by atoms with van der Waals surface area (Å²) in [5.41, 5.74) is 7.73. The number of hydrogen-bond donors (Lipinski definition) is 1. The maximum absolute atomic E-state index is 12.7. The number of halogens is 2. The number of ether oxygens (including phenoxy) is 1. The molecular formula is C29H31ClFN3O3. The van der Waals surface area contributed by atoms with Gasteiger partial charge in [0.2, 0.25) is 5.78 Å². The molecule has 0 atom stereocenters. The molecule has 1 saturated heterocycles. The maximum Gasteiger partial charge on any atom is 0.289 e. The summed E-state index contributed by atoms with van der Waals surface area (Å²) < 4.78 is 18.5. The number of aromatic nitrogens is 1. The van der Waals surface area contributed by atoms with E-state index in [0.29, 0.717) is 11.8 Å². The van der Waals surface area contributed by atoms with Crippen LogP contribution in [0.15, 0.2) is 60.8 Å². The average Bonchev–Trinajstić information content (AvgIpc) is 3.57. The van der Waals surface area contributed by atoms with E-state index in [4.69, 9.17) is 22.1 Å². The smallest absolute Gasteiger partial charge is 0.289 e. The molecule has 0 bridgehead atoms. The molecule has 3 aromatic rings. The molecule has 37 heavy (non-hydrogen) atoms. The van der Waals surface area contributed by atoms with Gasteiger partial charge in [0.1, 0.15) is 11.6 Å². The lowest BCUT2D eigenvalue weighted by molar-refractivity contribution is -0.114. The van der Waals surface area contributed by atoms with Crippen LogP contribution in [0, 0.1) is 5.82 Å². The van der Waals surface area contributed by atoms with Gasteiger partial charge in [0.05, 0.1) is 23.0 Å². The predicted octanol–water partition coefficient (Wildman–Crippen LogP) is 5.47. The number of Topliss-reactive ketones (excluding diaryl/α,β-unsaturated/α-hetero) is 1. The zero-order valence-electron chi connectivity index (χ0n) is 20.7. The molecule has 2 aliphatic rings. The molecule has 1 aromatic heterocycles. The van der Waals surface area contributed by atoms with Crippen molar-refractivity contribution in [2.24, 2.45) is 5.73 Å². The van der Waals surface area contributed by atoms with Crippen molar-refractivity contribution in [1.82, 2.24) is 9.88 Å². The summed E-state index contributed by atoms with van der Waals surface area (Å²) in [5, 5.41) is 0.769. The minimum Gasteiger partial charge on any atom is -0.489 e. The van der Waals surface area contributed by atoms with Crippen molar-refractivity contribution in [3.63, 3.8) is 0 Å². The van der Waals surface area contributed by atoms with Crippen molar-refractivity contribution >= 4 is 23.3 Å². The second-order valence-electron chi connectivity index (χ2n) is 9.37. The van der Waals surface area contributed by atoms with Crippen molar-refractivity contribution in [2.45, 2.75) is 44.6 Å². The summed E-state index contributed by atoms with van der Waals surface area (Å²) in [5.74, 6) is -1.30. The highest BCUT2D eigenvalue weighted by atomic mass is 35.5. The Labute approximate surface area is 221 Å². The third-order valence-electron chi connectivity index (χ3n) is 6.35. The molecule has 2 aromatic carbocycles. The number of primary amides is 1. The molecule has 1 aliphatic heterocycles. The van der Waals surface area contributed by atoms with E-state index in [9.17, 15) is 14.0 Å². The molecule has 0 radical (unpaired) electrons. The third-order valence-corrected chi connectivity index (χ3v) is 6.64. The fourth-order valence-electron chi connectivity index (χ4n) is 4.16.